The Hall–Kier alpha value is -0.560. The Bertz CT molecular complexity index is 462. The zero-order chi connectivity index (χ0) is 10.8. The number of aromatic nitrogens is 4. The number of hydrogen-bond acceptors (Lipinski definition) is 2. The fraction of sp³-hybridized carbons (Fsp3) is 0.333. The summed E-state index contributed by atoms with van der Waals surface area (Å²) < 4.78 is 4.71. The first-order valence-corrected chi connectivity index (χ1v) is 6.04. The molecule has 2 heterocycles. The Kier molecular flexibility index (Phi) is 3.30. The first-order chi connectivity index (χ1) is 7.20. The minimum Gasteiger partial charge on any atom is -0.273 e. The van der Waals surface area contributed by atoms with Crippen LogP contribution >= 0.6 is 34.2 Å². The van der Waals surface area contributed by atoms with Gasteiger partial charge in [-0.2, -0.15) is 10.2 Å². The summed E-state index contributed by atoms with van der Waals surface area (Å²) in [7, 11) is 0. The minimum absolute atomic E-state index is 0.693. The highest BCUT2D eigenvalue weighted by molar-refractivity contribution is 14.1. The molecule has 0 aliphatic heterocycles. The number of hydrogen-bond donors (Lipinski definition) is 0. The van der Waals surface area contributed by atoms with Crippen LogP contribution in [0.1, 0.15) is 12.5 Å². The lowest BCUT2D eigenvalue weighted by Crippen LogP contribution is -2.02. The van der Waals surface area contributed by atoms with E-state index >= 15 is 0 Å². The van der Waals surface area contributed by atoms with Crippen molar-refractivity contribution in [2.24, 2.45) is 0 Å². The summed E-state index contributed by atoms with van der Waals surface area (Å²) in [5.41, 5.74) is 1.13. The first kappa shape index (κ1) is 10.9. The van der Waals surface area contributed by atoms with Gasteiger partial charge in [0.2, 0.25) is 0 Å². The van der Waals surface area contributed by atoms with E-state index < -0.39 is 0 Å². The molecule has 0 atom stereocenters. The van der Waals surface area contributed by atoms with Crippen molar-refractivity contribution in [2.45, 2.75) is 20.0 Å². The van der Waals surface area contributed by atoms with Crippen LogP contribution in [0, 0.1) is 3.70 Å². The molecule has 0 unspecified atom stereocenters. The third-order valence-electron chi connectivity index (χ3n) is 2.08. The third kappa shape index (κ3) is 2.34. The molecule has 0 aromatic carbocycles. The van der Waals surface area contributed by atoms with Crippen LogP contribution in [0.15, 0.2) is 18.6 Å². The molecule has 0 saturated heterocycles. The van der Waals surface area contributed by atoms with E-state index in [0.717, 1.165) is 15.8 Å². The number of rotatable bonds is 3. The van der Waals surface area contributed by atoms with Crippen LogP contribution in [-0.2, 0) is 13.1 Å². The quantitative estimate of drug-likeness (QED) is 0.807. The second-order valence-corrected chi connectivity index (χ2v) is 4.57. The Morgan fingerprint density at radius 3 is 2.73 bits per heavy atom. The highest BCUT2D eigenvalue weighted by Crippen LogP contribution is 2.17. The lowest BCUT2D eigenvalue weighted by Gasteiger charge is -2.00. The molecule has 15 heavy (non-hydrogen) atoms. The average Bonchev–Trinajstić information content (AvgIpc) is 2.80. The zero-order valence-electron chi connectivity index (χ0n) is 8.19. The molecule has 2 aromatic rings. The Balaban J connectivity index is 2.18. The van der Waals surface area contributed by atoms with Crippen molar-refractivity contribution in [1.82, 2.24) is 19.6 Å². The van der Waals surface area contributed by atoms with Gasteiger partial charge >= 0.3 is 0 Å². The van der Waals surface area contributed by atoms with E-state index in [4.69, 9.17) is 11.6 Å². The predicted octanol–water partition coefficient (Wildman–Crippen LogP) is 2.41. The molecule has 0 spiro atoms. The number of nitrogens with zero attached hydrogens (tertiary/aromatic N) is 4. The molecule has 6 heteroatoms. The van der Waals surface area contributed by atoms with E-state index in [1.54, 1.807) is 6.20 Å². The van der Waals surface area contributed by atoms with Gasteiger partial charge in [-0.1, -0.05) is 11.6 Å². The maximum absolute atomic E-state index is 5.92. The van der Waals surface area contributed by atoms with Crippen molar-refractivity contribution >= 4 is 34.2 Å². The smallest absolute Gasteiger partial charge is 0.118 e. The molecule has 2 aromatic heterocycles. The first-order valence-electron chi connectivity index (χ1n) is 4.59. The normalized spacial score (nSPS) is 10.9. The summed E-state index contributed by atoms with van der Waals surface area (Å²) in [6.07, 6.45) is 5.54. The zero-order valence-corrected chi connectivity index (χ0v) is 11.1. The van der Waals surface area contributed by atoms with E-state index in [0.29, 0.717) is 11.6 Å². The van der Waals surface area contributed by atoms with Gasteiger partial charge in [0.05, 0.1) is 24.0 Å². The second kappa shape index (κ2) is 4.52. The van der Waals surface area contributed by atoms with Crippen molar-refractivity contribution < 1.29 is 0 Å². The number of aryl methyl sites for hydroxylation is 1. The maximum Gasteiger partial charge on any atom is 0.118 e. The average molecular weight is 337 g/mol. The van der Waals surface area contributed by atoms with Gasteiger partial charge in [-0.05, 0) is 29.5 Å². The molecule has 0 bridgehead atoms. The van der Waals surface area contributed by atoms with Crippen LogP contribution in [-0.4, -0.2) is 19.6 Å². The summed E-state index contributed by atoms with van der Waals surface area (Å²) >= 11 is 8.10. The SMILES string of the molecule is CCn1cc(Cn2ncc(Cl)c2I)cn1. The van der Waals surface area contributed by atoms with Gasteiger partial charge in [-0.15, -0.1) is 0 Å². The number of halogens is 2. The fourth-order valence-corrected chi connectivity index (χ4v) is 1.87. The topological polar surface area (TPSA) is 35.6 Å². The molecule has 4 nitrogen and oxygen atoms in total. The molecule has 0 aliphatic carbocycles. The summed E-state index contributed by atoms with van der Waals surface area (Å²) in [6, 6.07) is 0. The van der Waals surface area contributed by atoms with E-state index in [1.165, 1.54) is 0 Å². The Labute approximate surface area is 106 Å². The Morgan fingerprint density at radius 1 is 1.40 bits per heavy atom. The van der Waals surface area contributed by atoms with Crippen LogP contribution < -0.4 is 0 Å². The van der Waals surface area contributed by atoms with Crippen LogP contribution in [0.5, 0.6) is 0 Å². The van der Waals surface area contributed by atoms with E-state index in [1.807, 2.05) is 21.8 Å². The summed E-state index contributed by atoms with van der Waals surface area (Å²) in [5.74, 6) is 0. The van der Waals surface area contributed by atoms with Crippen LogP contribution in [0.4, 0.5) is 0 Å². The molecule has 0 fully saturated rings. The van der Waals surface area contributed by atoms with Gasteiger partial charge in [0.1, 0.15) is 3.70 Å². The van der Waals surface area contributed by atoms with Gasteiger partial charge in [-0.3, -0.25) is 9.36 Å². The van der Waals surface area contributed by atoms with Gasteiger partial charge in [-0.25, -0.2) is 0 Å². The highest BCUT2D eigenvalue weighted by atomic mass is 127. The summed E-state index contributed by atoms with van der Waals surface area (Å²) in [6.45, 7) is 3.66. The molecule has 0 radical (unpaired) electrons. The third-order valence-corrected chi connectivity index (χ3v) is 3.81. The van der Waals surface area contributed by atoms with Crippen molar-refractivity contribution in [3.8, 4) is 0 Å². The van der Waals surface area contributed by atoms with Crippen molar-refractivity contribution in [2.75, 3.05) is 0 Å². The van der Waals surface area contributed by atoms with Gasteiger partial charge in [0, 0.05) is 18.3 Å². The van der Waals surface area contributed by atoms with E-state index in [-0.39, 0.29) is 0 Å². The van der Waals surface area contributed by atoms with Crippen molar-refractivity contribution in [3.05, 3.63) is 32.9 Å². The largest absolute Gasteiger partial charge is 0.273 e. The molecule has 0 N–H and O–H groups in total. The maximum atomic E-state index is 5.92. The Morgan fingerprint density at radius 2 is 2.20 bits per heavy atom. The highest BCUT2D eigenvalue weighted by Gasteiger charge is 2.06. The monoisotopic (exact) mass is 336 g/mol. The lowest BCUT2D eigenvalue weighted by atomic mass is 10.4. The van der Waals surface area contributed by atoms with Gasteiger partial charge < -0.3 is 0 Å². The van der Waals surface area contributed by atoms with E-state index in [2.05, 4.69) is 39.7 Å². The van der Waals surface area contributed by atoms with Crippen LogP contribution in [0.2, 0.25) is 5.02 Å². The second-order valence-electron chi connectivity index (χ2n) is 3.15. The minimum atomic E-state index is 0.693. The lowest BCUT2D eigenvalue weighted by molar-refractivity contribution is 0.651. The van der Waals surface area contributed by atoms with Crippen molar-refractivity contribution in [3.63, 3.8) is 0 Å². The molecule has 0 saturated carbocycles. The van der Waals surface area contributed by atoms with Crippen LogP contribution in [0.3, 0.4) is 0 Å². The van der Waals surface area contributed by atoms with Crippen LogP contribution in [0.25, 0.3) is 0 Å². The van der Waals surface area contributed by atoms with Gasteiger partial charge in [0.25, 0.3) is 0 Å². The summed E-state index contributed by atoms with van der Waals surface area (Å²) in [4.78, 5) is 0. The van der Waals surface area contributed by atoms with E-state index in [9.17, 15) is 0 Å². The molecule has 0 aliphatic rings. The standard InChI is InChI=1S/C9H10ClIN4/c1-2-14-5-7(3-12-14)6-15-9(11)8(10)4-13-15/h3-5H,2,6H2,1H3. The molecule has 80 valence electrons. The fourth-order valence-electron chi connectivity index (χ4n) is 1.29. The molecule has 2 rings (SSSR count). The predicted molar refractivity (Wildman–Crippen MR) is 67.0 cm³/mol. The molecular weight excluding hydrogens is 326 g/mol. The summed E-state index contributed by atoms with van der Waals surface area (Å²) in [5, 5.41) is 9.09. The van der Waals surface area contributed by atoms with Gasteiger partial charge in [0.15, 0.2) is 0 Å². The van der Waals surface area contributed by atoms with Crippen molar-refractivity contribution in [1.29, 1.82) is 0 Å². The molecule has 0 amide bonds. The molecular formula is C9H10ClIN4.